The van der Waals surface area contributed by atoms with Gasteiger partial charge in [0.25, 0.3) is 0 Å². The summed E-state index contributed by atoms with van der Waals surface area (Å²) in [5.41, 5.74) is 2.49. The third-order valence-electron chi connectivity index (χ3n) is 6.07. The normalized spacial score (nSPS) is 17.6. The molecule has 6 nitrogen and oxygen atoms in total. The monoisotopic (exact) mass is 435 g/mol. The maximum absolute atomic E-state index is 12.5. The highest BCUT2D eigenvalue weighted by molar-refractivity contribution is 5.81. The molecule has 6 heteroatoms. The van der Waals surface area contributed by atoms with Gasteiger partial charge in [-0.1, -0.05) is 50.2 Å². The molecule has 2 atom stereocenters. The van der Waals surface area contributed by atoms with Crippen LogP contribution < -0.4 is 10.6 Å². The Labute approximate surface area is 192 Å². The van der Waals surface area contributed by atoms with E-state index in [0.717, 1.165) is 38.6 Å². The van der Waals surface area contributed by atoms with Crippen molar-refractivity contribution in [2.75, 3.05) is 32.7 Å². The van der Waals surface area contributed by atoms with Gasteiger partial charge < -0.3 is 15.5 Å². The molecule has 1 amide bonds. The minimum absolute atomic E-state index is 0.256. The largest absolute Gasteiger partial charge is 0.357 e. The van der Waals surface area contributed by atoms with Gasteiger partial charge in [-0.05, 0) is 36.5 Å². The molecule has 1 aliphatic rings. The first-order valence-corrected chi connectivity index (χ1v) is 11.8. The van der Waals surface area contributed by atoms with E-state index in [0.29, 0.717) is 30.7 Å². The first-order chi connectivity index (χ1) is 15.6. The van der Waals surface area contributed by atoms with Crippen LogP contribution in [0.15, 0.2) is 59.9 Å². The van der Waals surface area contributed by atoms with E-state index in [1.54, 1.807) is 0 Å². The van der Waals surface area contributed by atoms with Crippen LogP contribution in [0.25, 0.3) is 0 Å². The summed E-state index contributed by atoms with van der Waals surface area (Å²) in [6, 6.07) is 14.5. The van der Waals surface area contributed by atoms with Crippen LogP contribution in [-0.2, 0) is 11.2 Å². The zero-order valence-corrected chi connectivity index (χ0v) is 19.6. The molecule has 0 saturated carbocycles. The van der Waals surface area contributed by atoms with Crippen molar-refractivity contribution in [1.29, 1.82) is 0 Å². The first-order valence-electron chi connectivity index (χ1n) is 11.8. The number of rotatable bonds is 10. The van der Waals surface area contributed by atoms with E-state index < -0.39 is 0 Å². The van der Waals surface area contributed by atoms with Gasteiger partial charge in [0.15, 0.2) is 5.96 Å². The molecule has 2 unspecified atom stereocenters. The molecular weight excluding hydrogens is 398 g/mol. The fourth-order valence-electron chi connectivity index (χ4n) is 4.18. The van der Waals surface area contributed by atoms with E-state index in [1.165, 1.54) is 11.1 Å². The minimum atomic E-state index is 0.256. The molecule has 1 aromatic carbocycles. The number of pyridine rings is 1. The van der Waals surface area contributed by atoms with E-state index in [4.69, 9.17) is 4.99 Å². The van der Waals surface area contributed by atoms with Crippen molar-refractivity contribution in [3.05, 3.63) is 66.0 Å². The summed E-state index contributed by atoms with van der Waals surface area (Å²) in [6.45, 7) is 10.4. The van der Waals surface area contributed by atoms with Gasteiger partial charge in [-0.25, -0.2) is 0 Å². The van der Waals surface area contributed by atoms with E-state index >= 15 is 0 Å². The molecule has 0 radical (unpaired) electrons. The maximum Gasteiger partial charge on any atom is 0.223 e. The summed E-state index contributed by atoms with van der Waals surface area (Å²) in [6.07, 6.45) is 5.25. The lowest BCUT2D eigenvalue weighted by molar-refractivity contribution is -0.127. The van der Waals surface area contributed by atoms with Gasteiger partial charge in [-0.15, -0.1) is 0 Å². The number of nitrogens with one attached hydrogen (secondary N) is 2. The summed E-state index contributed by atoms with van der Waals surface area (Å²) in [5.74, 6) is 2.17. The molecule has 0 aliphatic carbocycles. The molecule has 1 aromatic heterocycles. The lowest BCUT2D eigenvalue weighted by Crippen LogP contribution is -2.40. The van der Waals surface area contributed by atoms with Crippen LogP contribution in [0.4, 0.5) is 0 Å². The zero-order chi connectivity index (χ0) is 22.8. The lowest BCUT2D eigenvalue weighted by atomic mass is 9.89. The van der Waals surface area contributed by atoms with Crippen LogP contribution in [0.2, 0.25) is 0 Å². The third-order valence-corrected chi connectivity index (χ3v) is 6.07. The number of hydrogen-bond acceptors (Lipinski definition) is 3. The number of aliphatic imine (C=N–C) groups is 1. The van der Waals surface area contributed by atoms with Crippen LogP contribution in [0.1, 0.15) is 44.2 Å². The Morgan fingerprint density at radius 3 is 2.69 bits per heavy atom. The van der Waals surface area contributed by atoms with E-state index in [-0.39, 0.29) is 5.91 Å². The first kappa shape index (κ1) is 23.8. The number of benzene rings is 1. The minimum Gasteiger partial charge on any atom is -0.357 e. The molecule has 2 heterocycles. The highest BCUT2D eigenvalue weighted by atomic mass is 16.2. The SMILES string of the molecule is CCNC(=NCC(c1cccnc1)C(C)C)NCC1CC(=O)N(CCc2ccccc2)C1. The Hall–Kier alpha value is -2.89. The Morgan fingerprint density at radius 2 is 2.00 bits per heavy atom. The lowest BCUT2D eigenvalue weighted by Gasteiger charge is -2.21. The molecule has 32 heavy (non-hydrogen) atoms. The highest BCUT2D eigenvalue weighted by Gasteiger charge is 2.29. The smallest absolute Gasteiger partial charge is 0.223 e. The average Bonchev–Trinajstić information content (AvgIpc) is 3.16. The van der Waals surface area contributed by atoms with E-state index in [9.17, 15) is 4.79 Å². The van der Waals surface area contributed by atoms with Crippen molar-refractivity contribution in [3.8, 4) is 0 Å². The number of carbonyl (C=O) groups excluding carboxylic acids is 1. The van der Waals surface area contributed by atoms with Gasteiger partial charge in [0.05, 0.1) is 0 Å². The molecule has 172 valence electrons. The molecule has 2 aromatic rings. The fraction of sp³-hybridized carbons (Fsp3) is 0.500. The molecule has 1 aliphatic heterocycles. The summed E-state index contributed by atoms with van der Waals surface area (Å²) >= 11 is 0. The number of guanidine groups is 1. The van der Waals surface area contributed by atoms with Gasteiger partial charge in [0.2, 0.25) is 5.91 Å². The zero-order valence-electron chi connectivity index (χ0n) is 19.6. The Morgan fingerprint density at radius 1 is 1.19 bits per heavy atom. The van der Waals surface area contributed by atoms with Gasteiger partial charge in [-0.2, -0.15) is 0 Å². The maximum atomic E-state index is 12.5. The van der Waals surface area contributed by atoms with Gasteiger partial charge in [0.1, 0.15) is 0 Å². The number of amides is 1. The summed E-state index contributed by atoms with van der Waals surface area (Å²) < 4.78 is 0. The standard InChI is InChI=1S/C26H37N5O/c1-4-28-26(30-18-24(20(2)3)23-11-8-13-27-17-23)29-16-22-15-25(32)31(19-22)14-12-21-9-6-5-7-10-21/h5-11,13,17,20,22,24H,4,12,14-16,18-19H2,1-3H3,(H2,28,29,30). The van der Waals surface area contributed by atoms with Gasteiger partial charge in [0, 0.05) is 63.4 Å². The predicted octanol–water partition coefficient (Wildman–Crippen LogP) is 3.47. The second-order valence-corrected chi connectivity index (χ2v) is 8.88. The molecule has 0 spiro atoms. The van der Waals surface area contributed by atoms with Crippen molar-refractivity contribution in [2.24, 2.45) is 16.8 Å². The molecule has 1 saturated heterocycles. The van der Waals surface area contributed by atoms with Crippen LogP contribution in [0, 0.1) is 11.8 Å². The second-order valence-electron chi connectivity index (χ2n) is 8.88. The van der Waals surface area contributed by atoms with Crippen molar-refractivity contribution in [1.82, 2.24) is 20.5 Å². The average molecular weight is 436 g/mol. The third kappa shape index (κ3) is 7.08. The topological polar surface area (TPSA) is 69.6 Å². The van der Waals surface area contributed by atoms with Crippen LogP contribution in [0.3, 0.4) is 0 Å². The number of nitrogens with zero attached hydrogens (tertiary/aromatic N) is 3. The quantitative estimate of drug-likeness (QED) is 0.443. The molecule has 1 fully saturated rings. The van der Waals surface area contributed by atoms with Crippen molar-refractivity contribution >= 4 is 11.9 Å². The predicted molar refractivity (Wildman–Crippen MR) is 131 cm³/mol. The van der Waals surface area contributed by atoms with Crippen LogP contribution >= 0.6 is 0 Å². The molecular formula is C26H37N5O. The van der Waals surface area contributed by atoms with E-state index in [1.807, 2.05) is 41.6 Å². The second kappa shape index (κ2) is 12.2. The highest BCUT2D eigenvalue weighted by Crippen LogP contribution is 2.24. The molecule has 0 bridgehead atoms. The Bertz CT molecular complexity index is 853. The number of aromatic nitrogens is 1. The Balaban J connectivity index is 1.52. The van der Waals surface area contributed by atoms with Crippen LogP contribution in [-0.4, -0.2) is 54.5 Å². The van der Waals surface area contributed by atoms with E-state index in [2.05, 4.69) is 54.6 Å². The van der Waals surface area contributed by atoms with Gasteiger partial charge >= 0.3 is 0 Å². The molecule has 3 rings (SSSR count). The number of carbonyl (C=O) groups is 1. The number of hydrogen-bond donors (Lipinski definition) is 2. The Kier molecular flexibility index (Phi) is 9.08. The van der Waals surface area contributed by atoms with Crippen molar-refractivity contribution in [3.63, 3.8) is 0 Å². The summed E-state index contributed by atoms with van der Waals surface area (Å²) in [7, 11) is 0. The summed E-state index contributed by atoms with van der Waals surface area (Å²) in [4.78, 5) is 23.6. The fourth-order valence-corrected chi connectivity index (χ4v) is 4.18. The van der Waals surface area contributed by atoms with Crippen molar-refractivity contribution < 1.29 is 4.79 Å². The van der Waals surface area contributed by atoms with Gasteiger partial charge in [-0.3, -0.25) is 14.8 Å². The van der Waals surface area contributed by atoms with Crippen molar-refractivity contribution in [2.45, 2.75) is 39.5 Å². The molecule has 2 N–H and O–H groups in total. The van der Waals surface area contributed by atoms with Crippen LogP contribution in [0.5, 0.6) is 0 Å². The number of likely N-dealkylation sites (tertiary alicyclic amines) is 1. The summed E-state index contributed by atoms with van der Waals surface area (Å²) in [5, 5.41) is 6.81.